The summed E-state index contributed by atoms with van der Waals surface area (Å²) in [5.74, 6) is 0. The van der Waals surface area contributed by atoms with Crippen LogP contribution in [0, 0.1) is 13.8 Å². The van der Waals surface area contributed by atoms with Gasteiger partial charge in [-0.2, -0.15) is 5.10 Å². The minimum atomic E-state index is -3.56. The number of nitrogens with one attached hydrogen (secondary N) is 1. The first-order valence-corrected chi connectivity index (χ1v) is 9.02. The Kier molecular flexibility index (Phi) is 6.44. The second-order valence-corrected chi connectivity index (χ2v) is 7.93. The molecule has 1 aromatic rings. The summed E-state index contributed by atoms with van der Waals surface area (Å²) in [5, 5.41) is 4.17. The van der Waals surface area contributed by atoms with Gasteiger partial charge in [0.05, 0.1) is 11.4 Å². The molecule has 3 N–H and O–H groups in total. The van der Waals surface area contributed by atoms with Gasteiger partial charge in [-0.05, 0) is 26.7 Å². The molecule has 0 unspecified atom stereocenters. The number of halogens is 1. The second kappa shape index (κ2) is 7.29. The number of nitrogens with zero attached hydrogens (tertiary/aromatic N) is 2. The maximum absolute atomic E-state index is 12.5. The normalized spacial score (nSPS) is 18.5. The molecule has 0 aliphatic heterocycles. The summed E-state index contributed by atoms with van der Waals surface area (Å²) in [6.07, 6.45) is 6.27. The molecule has 1 heterocycles. The van der Waals surface area contributed by atoms with E-state index in [4.69, 9.17) is 5.73 Å². The fraction of sp³-hybridized carbons (Fsp3) is 0.786. The molecular formula is C14H27ClN4O2S. The van der Waals surface area contributed by atoms with Gasteiger partial charge in [-0.25, -0.2) is 13.1 Å². The van der Waals surface area contributed by atoms with Gasteiger partial charge in [0.25, 0.3) is 0 Å². The number of aryl methyl sites for hydroxylation is 2. The topological polar surface area (TPSA) is 90.0 Å². The third-order valence-electron chi connectivity index (χ3n) is 4.42. The molecular weight excluding hydrogens is 324 g/mol. The zero-order valence-electron chi connectivity index (χ0n) is 13.6. The molecule has 0 aromatic carbocycles. The van der Waals surface area contributed by atoms with Crippen molar-refractivity contribution in [1.82, 2.24) is 14.5 Å². The van der Waals surface area contributed by atoms with Crippen molar-refractivity contribution in [3.63, 3.8) is 0 Å². The predicted molar refractivity (Wildman–Crippen MR) is 89.7 cm³/mol. The molecule has 0 bridgehead atoms. The van der Waals surface area contributed by atoms with Gasteiger partial charge < -0.3 is 5.73 Å². The molecule has 1 saturated carbocycles. The molecule has 0 amide bonds. The van der Waals surface area contributed by atoms with Crippen LogP contribution in [0.25, 0.3) is 0 Å². The van der Waals surface area contributed by atoms with E-state index in [0.717, 1.165) is 25.7 Å². The van der Waals surface area contributed by atoms with Crippen molar-refractivity contribution in [2.75, 3.05) is 6.54 Å². The van der Waals surface area contributed by atoms with E-state index in [1.54, 1.807) is 25.6 Å². The zero-order chi connectivity index (χ0) is 15.7. The van der Waals surface area contributed by atoms with E-state index in [-0.39, 0.29) is 17.3 Å². The minimum Gasteiger partial charge on any atom is -0.324 e. The number of aromatic nitrogens is 2. The molecule has 1 aliphatic rings. The Labute approximate surface area is 139 Å². The van der Waals surface area contributed by atoms with Crippen LogP contribution in [0.4, 0.5) is 0 Å². The van der Waals surface area contributed by atoms with Gasteiger partial charge in [0.1, 0.15) is 4.90 Å². The lowest BCUT2D eigenvalue weighted by molar-refractivity contribution is 0.369. The average Bonchev–Trinajstić information content (AvgIpc) is 2.56. The van der Waals surface area contributed by atoms with Gasteiger partial charge in [0.15, 0.2) is 0 Å². The lowest BCUT2D eigenvalue weighted by atomic mass is 9.92. The monoisotopic (exact) mass is 350 g/mol. The summed E-state index contributed by atoms with van der Waals surface area (Å²) in [6.45, 7) is 3.77. The number of sulfonamides is 1. The van der Waals surface area contributed by atoms with Crippen molar-refractivity contribution < 1.29 is 8.42 Å². The Hall–Kier alpha value is -0.630. The standard InChI is InChI=1S/C14H26N4O2S.ClH/c1-11-13(12(2)18(3)17-11)21(19,20)16-10-14(15)8-6-4-5-7-9-14;/h16H,4-10,15H2,1-3H3;1H. The van der Waals surface area contributed by atoms with E-state index in [2.05, 4.69) is 9.82 Å². The molecule has 1 aromatic heterocycles. The molecule has 2 rings (SSSR count). The van der Waals surface area contributed by atoms with Gasteiger partial charge in [0, 0.05) is 19.1 Å². The second-order valence-electron chi connectivity index (χ2n) is 6.22. The van der Waals surface area contributed by atoms with Crippen molar-refractivity contribution in [1.29, 1.82) is 0 Å². The number of hydrogen-bond acceptors (Lipinski definition) is 4. The summed E-state index contributed by atoms with van der Waals surface area (Å²) in [5.41, 5.74) is 7.12. The predicted octanol–water partition coefficient (Wildman–Crippen LogP) is 1.79. The highest BCUT2D eigenvalue weighted by Gasteiger charge is 2.30. The molecule has 128 valence electrons. The Morgan fingerprint density at radius 1 is 1.23 bits per heavy atom. The highest BCUT2D eigenvalue weighted by atomic mass is 35.5. The van der Waals surface area contributed by atoms with Crippen molar-refractivity contribution in [3.8, 4) is 0 Å². The van der Waals surface area contributed by atoms with Crippen LogP contribution in [0.1, 0.15) is 49.9 Å². The minimum absolute atomic E-state index is 0. The average molecular weight is 351 g/mol. The highest BCUT2D eigenvalue weighted by molar-refractivity contribution is 7.89. The van der Waals surface area contributed by atoms with Crippen molar-refractivity contribution in [2.24, 2.45) is 12.8 Å². The molecule has 1 aliphatic carbocycles. The SMILES string of the molecule is Cc1nn(C)c(C)c1S(=O)(=O)NCC1(N)CCCCCC1.Cl. The molecule has 8 heteroatoms. The molecule has 0 radical (unpaired) electrons. The van der Waals surface area contributed by atoms with Crippen LogP contribution in [-0.2, 0) is 17.1 Å². The third kappa shape index (κ3) is 4.22. The summed E-state index contributed by atoms with van der Waals surface area (Å²) >= 11 is 0. The maximum Gasteiger partial charge on any atom is 0.244 e. The summed E-state index contributed by atoms with van der Waals surface area (Å²) < 4.78 is 29.4. The number of hydrogen-bond donors (Lipinski definition) is 2. The molecule has 22 heavy (non-hydrogen) atoms. The Morgan fingerprint density at radius 3 is 2.23 bits per heavy atom. The lowest BCUT2D eigenvalue weighted by Crippen LogP contribution is -2.49. The third-order valence-corrected chi connectivity index (χ3v) is 6.08. The zero-order valence-corrected chi connectivity index (χ0v) is 15.2. The first kappa shape index (κ1) is 19.4. The van der Waals surface area contributed by atoms with Crippen LogP contribution < -0.4 is 10.5 Å². The van der Waals surface area contributed by atoms with Crippen LogP contribution in [0.15, 0.2) is 4.90 Å². The maximum atomic E-state index is 12.5. The Morgan fingerprint density at radius 2 is 1.77 bits per heavy atom. The van der Waals surface area contributed by atoms with Crippen LogP contribution in [-0.4, -0.2) is 30.3 Å². The van der Waals surface area contributed by atoms with Gasteiger partial charge >= 0.3 is 0 Å². The summed E-state index contributed by atoms with van der Waals surface area (Å²) in [4.78, 5) is 0.280. The Balaban J connectivity index is 0.00000242. The van der Waals surface area contributed by atoms with Gasteiger partial charge in [0.2, 0.25) is 10.0 Å². The smallest absolute Gasteiger partial charge is 0.244 e. The highest BCUT2D eigenvalue weighted by Crippen LogP contribution is 2.25. The largest absolute Gasteiger partial charge is 0.324 e. The number of nitrogens with two attached hydrogens (primary N) is 1. The number of rotatable bonds is 4. The van der Waals surface area contributed by atoms with Crippen molar-refractivity contribution >= 4 is 22.4 Å². The fourth-order valence-corrected chi connectivity index (χ4v) is 4.64. The van der Waals surface area contributed by atoms with Gasteiger partial charge in [-0.15, -0.1) is 12.4 Å². The summed E-state index contributed by atoms with van der Waals surface area (Å²) in [7, 11) is -1.82. The van der Waals surface area contributed by atoms with Gasteiger partial charge in [-0.3, -0.25) is 4.68 Å². The van der Waals surface area contributed by atoms with E-state index in [1.165, 1.54) is 12.8 Å². The summed E-state index contributed by atoms with van der Waals surface area (Å²) in [6, 6.07) is 0. The van der Waals surface area contributed by atoms with E-state index in [0.29, 0.717) is 17.9 Å². The quantitative estimate of drug-likeness (QED) is 0.810. The first-order valence-electron chi connectivity index (χ1n) is 7.54. The van der Waals surface area contributed by atoms with E-state index in [1.807, 2.05) is 0 Å². The fourth-order valence-electron chi connectivity index (χ4n) is 3.06. The molecule has 6 nitrogen and oxygen atoms in total. The van der Waals surface area contributed by atoms with E-state index >= 15 is 0 Å². The van der Waals surface area contributed by atoms with Crippen LogP contribution in [0.2, 0.25) is 0 Å². The lowest BCUT2D eigenvalue weighted by Gasteiger charge is -2.28. The van der Waals surface area contributed by atoms with Crippen LogP contribution in [0.5, 0.6) is 0 Å². The van der Waals surface area contributed by atoms with E-state index < -0.39 is 15.6 Å². The van der Waals surface area contributed by atoms with Crippen LogP contribution in [0.3, 0.4) is 0 Å². The first-order chi connectivity index (χ1) is 9.75. The van der Waals surface area contributed by atoms with E-state index in [9.17, 15) is 8.42 Å². The molecule has 0 atom stereocenters. The Bertz CT molecular complexity index is 605. The van der Waals surface area contributed by atoms with Crippen LogP contribution >= 0.6 is 12.4 Å². The molecule has 0 spiro atoms. The van der Waals surface area contributed by atoms with Crippen molar-refractivity contribution in [2.45, 2.75) is 62.8 Å². The van der Waals surface area contributed by atoms with Gasteiger partial charge in [-0.1, -0.05) is 25.7 Å². The molecule has 0 saturated heterocycles. The molecule has 1 fully saturated rings. The van der Waals surface area contributed by atoms with Crippen molar-refractivity contribution in [3.05, 3.63) is 11.4 Å².